The molecule has 2 rings (SSSR count). The summed E-state index contributed by atoms with van der Waals surface area (Å²) in [6, 6.07) is 10.5. The van der Waals surface area contributed by atoms with Crippen molar-refractivity contribution < 1.29 is 4.74 Å². The van der Waals surface area contributed by atoms with Gasteiger partial charge in [-0.05, 0) is 24.9 Å². The lowest BCUT2D eigenvalue weighted by Gasteiger charge is -2.04. The van der Waals surface area contributed by atoms with Gasteiger partial charge in [0.1, 0.15) is 0 Å². The molecule has 5 nitrogen and oxygen atoms in total. The van der Waals surface area contributed by atoms with Crippen molar-refractivity contribution >= 4 is 0 Å². The summed E-state index contributed by atoms with van der Waals surface area (Å²) < 4.78 is 7.48. The lowest BCUT2D eigenvalue weighted by molar-refractivity contribution is 0.121. The van der Waals surface area contributed by atoms with Crippen LogP contribution in [-0.4, -0.2) is 34.8 Å². The van der Waals surface area contributed by atoms with E-state index in [4.69, 9.17) is 4.74 Å². The minimum absolute atomic E-state index is 0.679. The molecule has 0 spiro atoms. The second kappa shape index (κ2) is 9.26. The fraction of sp³-hybridized carbons (Fsp3) is 0.500. The van der Waals surface area contributed by atoms with Crippen LogP contribution < -0.4 is 5.32 Å². The van der Waals surface area contributed by atoms with Gasteiger partial charge in [-0.2, -0.15) is 0 Å². The number of hydrogen-bond donors (Lipinski definition) is 1. The predicted octanol–water partition coefficient (Wildman–Crippen LogP) is 2.04. The Morgan fingerprint density at radius 3 is 2.86 bits per heavy atom. The van der Waals surface area contributed by atoms with Gasteiger partial charge in [-0.1, -0.05) is 42.5 Å². The molecule has 1 aromatic carbocycles. The van der Waals surface area contributed by atoms with Gasteiger partial charge in [-0.15, -0.1) is 5.10 Å². The zero-order valence-electron chi connectivity index (χ0n) is 12.7. The first kappa shape index (κ1) is 15.7. The molecule has 0 aliphatic carbocycles. The van der Waals surface area contributed by atoms with Crippen molar-refractivity contribution in [3.05, 3.63) is 47.8 Å². The molecule has 0 unspecified atom stereocenters. The first-order valence-corrected chi connectivity index (χ1v) is 7.60. The number of benzene rings is 1. The van der Waals surface area contributed by atoms with Crippen LogP contribution >= 0.6 is 0 Å². The fourth-order valence-electron chi connectivity index (χ4n) is 2.07. The molecule has 1 N–H and O–H groups in total. The van der Waals surface area contributed by atoms with E-state index in [0.29, 0.717) is 6.61 Å². The molecular formula is C16H24N4O. The molecule has 0 fully saturated rings. The van der Waals surface area contributed by atoms with Crippen LogP contribution in [0.5, 0.6) is 0 Å². The van der Waals surface area contributed by atoms with Crippen LogP contribution in [0.1, 0.15) is 24.6 Å². The van der Waals surface area contributed by atoms with Crippen molar-refractivity contribution in [1.29, 1.82) is 0 Å². The van der Waals surface area contributed by atoms with Crippen LogP contribution in [0.25, 0.3) is 0 Å². The Kier molecular flexibility index (Phi) is 6.91. The van der Waals surface area contributed by atoms with Gasteiger partial charge in [-0.25, -0.2) is 4.68 Å². The topological polar surface area (TPSA) is 52.0 Å². The van der Waals surface area contributed by atoms with Crippen LogP contribution in [0.15, 0.2) is 36.5 Å². The van der Waals surface area contributed by atoms with Gasteiger partial charge in [0.25, 0.3) is 0 Å². The number of nitrogens with one attached hydrogen (secondary N) is 1. The highest BCUT2D eigenvalue weighted by Crippen LogP contribution is 2.02. The summed E-state index contributed by atoms with van der Waals surface area (Å²) in [5.41, 5.74) is 2.34. The van der Waals surface area contributed by atoms with E-state index < -0.39 is 0 Å². The third-order valence-corrected chi connectivity index (χ3v) is 3.20. The van der Waals surface area contributed by atoms with Crippen molar-refractivity contribution in [2.45, 2.75) is 32.9 Å². The third-order valence-electron chi connectivity index (χ3n) is 3.20. The minimum Gasteiger partial charge on any atom is -0.380 e. The Bertz CT molecular complexity index is 498. The van der Waals surface area contributed by atoms with Gasteiger partial charge >= 0.3 is 0 Å². The van der Waals surface area contributed by atoms with E-state index in [-0.39, 0.29) is 0 Å². The van der Waals surface area contributed by atoms with Crippen molar-refractivity contribution in [2.75, 3.05) is 19.8 Å². The second-order valence-corrected chi connectivity index (χ2v) is 4.95. The molecule has 1 aromatic heterocycles. The van der Waals surface area contributed by atoms with E-state index in [1.165, 1.54) is 5.56 Å². The molecule has 0 saturated heterocycles. The molecule has 0 amide bonds. The molecule has 5 heteroatoms. The normalized spacial score (nSPS) is 10.9. The van der Waals surface area contributed by atoms with E-state index in [2.05, 4.69) is 46.8 Å². The molecule has 114 valence electrons. The quantitative estimate of drug-likeness (QED) is 0.680. The summed E-state index contributed by atoms with van der Waals surface area (Å²) in [7, 11) is 0. The molecule has 0 radical (unpaired) electrons. The average Bonchev–Trinajstić information content (AvgIpc) is 2.97. The largest absolute Gasteiger partial charge is 0.380 e. The highest BCUT2D eigenvalue weighted by Gasteiger charge is 1.99. The maximum atomic E-state index is 5.65. The van der Waals surface area contributed by atoms with Gasteiger partial charge < -0.3 is 10.1 Å². The molecule has 0 saturated carbocycles. The van der Waals surface area contributed by atoms with Crippen molar-refractivity contribution in [1.82, 2.24) is 20.3 Å². The first-order valence-electron chi connectivity index (χ1n) is 7.60. The van der Waals surface area contributed by atoms with E-state index in [1.807, 2.05) is 16.9 Å². The van der Waals surface area contributed by atoms with E-state index in [1.54, 1.807) is 0 Å². The van der Waals surface area contributed by atoms with Crippen molar-refractivity contribution in [2.24, 2.45) is 0 Å². The smallest absolute Gasteiger partial charge is 0.0964 e. The number of nitrogens with zero attached hydrogens (tertiary/aromatic N) is 3. The van der Waals surface area contributed by atoms with Gasteiger partial charge in [0.2, 0.25) is 0 Å². The van der Waals surface area contributed by atoms with Crippen molar-refractivity contribution in [3.8, 4) is 0 Å². The standard InChI is InChI=1S/C16H24N4O/c1-2-17-13-16-14-20(19-18-16)10-12-21-11-6-9-15-7-4-3-5-8-15/h3-5,7-8,14,17H,2,6,9-13H2,1H3. The summed E-state index contributed by atoms with van der Waals surface area (Å²) in [4.78, 5) is 0. The summed E-state index contributed by atoms with van der Waals surface area (Å²) in [6.45, 7) is 6.01. The van der Waals surface area contributed by atoms with Crippen LogP contribution in [-0.2, 0) is 24.2 Å². The van der Waals surface area contributed by atoms with Gasteiger partial charge in [0, 0.05) is 19.3 Å². The maximum absolute atomic E-state index is 5.65. The zero-order chi connectivity index (χ0) is 14.8. The molecular weight excluding hydrogens is 264 g/mol. The molecule has 21 heavy (non-hydrogen) atoms. The van der Waals surface area contributed by atoms with Crippen LogP contribution in [0.2, 0.25) is 0 Å². The van der Waals surface area contributed by atoms with E-state index in [0.717, 1.165) is 44.8 Å². The average molecular weight is 288 g/mol. The summed E-state index contributed by atoms with van der Waals surface area (Å²) in [6.07, 6.45) is 4.08. The van der Waals surface area contributed by atoms with E-state index >= 15 is 0 Å². The monoisotopic (exact) mass is 288 g/mol. The highest BCUT2D eigenvalue weighted by atomic mass is 16.5. The summed E-state index contributed by atoms with van der Waals surface area (Å²) in [5, 5.41) is 11.4. The fourth-order valence-corrected chi connectivity index (χ4v) is 2.07. The lowest BCUT2D eigenvalue weighted by atomic mass is 10.1. The zero-order valence-corrected chi connectivity index (χ0v) is 12.7. The molecule has 2 aromatic rings. The Balaban J connectivity index is 1.54. The Hall–Kier alpha value is -1.72. The van der Waals surface area contributed by atoms with Crippen LogP contribution in [0.4, 0.5) is 0 Å². The Labute approximate surface area is 126 Å². The van der Waals surface area contributed by atoms with Crippen molar-refractivity contribution in [3.63, 3.8) is 0 Å². The number of hydrogen-bond acceptors (Lipinski definition) is 4. The summed E-state index contributed by atoms with van der Waals surface area (Å²) >= 11 is 0. The molecule has 0 atom stereocenters. The number of ether oxygens (including phenoxy) is 1. The molecule has 0 bridgehead atoms. The number of aromatic nitrogens is 3. The van der Waals surface area contributed by atoms with Crippen LogP contribution in [0.3, 0.4) is 0 Å². The predicted molar refractivity (Wildman–Crippen MR) is 83.0 cm³/mol. The minimum atomic E-state index is 0.679. The SMILES string of the molecule is CCNCc1cn(CCOCCCc2ccccc2)nn1. The first-order chi connectivity index (χ1) is 10.4. The van der Waals surface area contributed by atoms with Gasteiger partial charge in [0.05, 0.1) is 18.8 Å². The van der Waals surface area contributed by atoms with Gasteiger partial charge in [-0.3, -0.25) is 0 Å². The maximum Gasteiger partial charge on any atom is 0.0964 e. The highest BCUT2D eigenvalue weighted by molar-refractivity contribution is 5.14. The lowest BCUT2D eigenvalue weighted by Crippen LogP contribution is -2.12. The number of aryl methyl sites for hydroxylation is 1. The Morgan fingerprint density at radius 1 is 1.19 bits per heavy atom. The van der Waals surface area contributed by atoms with E-state index in [9.17, 15) is 0 Å². The molecule has 0 aliphatic heterocycles. The number of rotatable bonds is 10. The molecule has 0 aliphatic rings. The molecule has 1 heterocycles. The van der Waals surface area contributed by atoms with Crippen LogP contribution in [0, 0.1) is 0 Å². The Morgan fingerprint density at radius 2 is 2.05 bits per heavy atom. The summed E-state index contributed by atoms with van der Waals surface area (Å²) in [5.74, 6) is 0. The van der Waals surface area contributed by atoms with Gasteiger partial charge in [0.15, 0.2) is 0 Å². The third kappa shape index (κ3) is 6.06. The second-order valence-electron chi connectivity index (χ2n) is 4.95.